The van der Waals surface area contributed by atoms with Crippen molar-refractivity contribution in [2.24, 2.45) is 11.8 Å². The molecule has 1 aliphatic carbocycles. The summed E-state index contributed by atoms with van der Waals surface area (Å²) in [6.07, 6.45) is 5.12. The molecule has 2 rings (SSSR count). The number of hydrogen-bond acceptors (Lipinski definition) is 2. The maximum Gasteiger partial charge on any atom is 0.227 e. The van der Waals surface area contributed by atoms with E-state index in [9.17, 15) is 9.59 Å². The van der Waals surface area contributed by atoms with Gasteiger partial charge in [-0.2, -0.15) is 0 Å². The van der Waals surface area contributed by atoms with Crippen molar-refractivity contribution < 1.29 is 9.59 Å². The third-order valence-electron chi connectivity index (χ3n) is 5.10. The molecule has 1 fully saturated rings. The van der Waals surface area contributed by atoms with Crippen molar-refractivity contribution in [3.05, 3.63) is 29.8 Å². The molecular formula is C20H30N2O2. The van der Waals surface area contributed by atoms with Crippen molar-refractivity contribution in [1.82, 2.24) is 5.32 Å². The Kier molecular flexibility index (Phi) is 6.83. The van der Waals surface area contributed by atoms with Crippen LogP contribution in [0.2, 0.25) is 0 Å². The van der Waals surface area contributed by atoms with Crippen molar-refractivity contribution in [2.75, 3.05) is 5.32 Å². The second-order valence-electron chi connectivity index (χ2n) is 6.91. The van der Waals surface area contributed by atoms with Crippen LogP contribution in [-0.2, 0) is 16.0 Å². The molecule has 0 aliphatic heterocycles. The lowest BCUT2D eigenvalue weighted by Gasteiger charge is -2.28. The fourth-order valence-electron chi connectivity index (χ4n) is 3.15. The summed E-state index contributed by atoms with van der Waals surface area (Å²) >= 11 is 0. The predicted octanol–water partition coefficient (Wildman–Crippen LogP) is 3.91. The highest BCUT2D eigenvalue weighted by molar-refractivity contribution is 5.92. The number of carbonyl (C=O) groups excluding carboxylic acids is 2. The molecule has 2 amide bonds. The van der Waals surface area contributed by atoms with Gasteiger partial charge in [0.25, 0.3) is 0 Å². The highest BCUT2D eigenvalue weighted by Gasteiger charge is 2.30. The lowest BCUT2D eigenvalue weighted by Crippen LogP contribution is -2.39. The summed E-state index contributed by atoms with van der Waals surface area (Å²) in [5, 5.41) is 6.06. The van der Waals surface area contributed by atoms with E-state index < -0.39 is 0 Å². The average molecular weight is 330 g/mol. The fraction of sp³-hybridized carbons (Fsp3) is 0.600. The van der Waals surface area contributed by atoms with Crippen LogP contribution in [0.3, 0.4) is 0 Å². The Hall–Kier alpha value is -1.84. The number of hydrogen-bond donors (Lipinski definition) is 2. The fourth-order valence-corrected chi connectivity index (χ4v) is 3.15. The van der Waals surface area contributed by atoms with Gasteiger partial charge in [-0.15, -0.1) is 0 Å². The van der Waals surface area contributed by atoms with E-state index in [2.05, 4.69) is 24.5 Å². The molecule has 0 saturated heterocycles. The molecule has 0 bridgehead atoms. The summed E-state index contributed by atoms with van der Waals surface area (Å²) in [5.41, 5.74) is 2.12. The summed E-state index contributed by atoms with van der Waals surface area (Å²) in [6.45, 7) is 6.21. The zero-order valence-electron chi connectivity index (χ0n) is 15.1. The maximum absolute atomic E-state index is 12.4. The van der Waals surface area contributed by atoms with Crippen molar-refractivity contribution in [2.45, 2.75) is 65.3 Å². The molecule has 0 heterocycles. The van der Waals surface area contributed by atoms with E-state index in [-0.39, 0.29) is 29.7 Å². The minimum Gasteiger partial charge on any atom is -0.353 e. The maximum atomic E-state index is 12.4. The Balaban J connectivity index is 1.80. The first-order valence-electron chi connectivity index (χ1n) is 9.23. The second kappa shape index (κ2) is 8.86. The monoisotopic (exact) mass is 330 g/mol. The largest absolute Gasteiger partial charge is 0.353 e. The summed E-state index contributed by atoms with van der Waals surface area (Å²) in [4.78, 5) is 24.6. The highest BCUT2D eigenvalue weighted by atomic mass is 16.2. The van der Waals surface area contributed by atoms with Crippen LogP contribution in [0, 0.1) is 11.8 Å². The minimum absolute atomic E-state index is 0.0171. The van der Waals surface area contributed by atoms with Gasteiger partial charge in [0.2, 0.25) is 11.8 Å². The van der Waals surface area contributed by atoms with Gasteiger partial charge in [-0.3, -0.25) is 9.59 Å². The van der Waals surface area contributed by atoms with Crippen LogP contribution in [0.4, 0.5) is 5.69 Å². The lowest BCUT2D eigenvalue weighted by molar-refractivity contribution is -0.129. The molecule has 1 unspecified atom stereocenters. The number of nitrogens with one attached hydrogen (secondary N) is 2. The van der Waals surface area contributed by atoms with E-state index in [1.807, 2.05) is 31.2 Å². The van der Waals surface area contributed by atoms with Crippen molar-refractivity contribution in [3.8, 4) is 0 Å². The Morgan fingerprint density at radius 2 is 1.54 bits per heavy atom. The molecule has 0 radical (unpaired) electrons. The number of benzene rings is 1. The molecule has 4 heteroatoms. The molecule has 0 spiro atoms. The molecule has 0 aromatic heterocycles. The molecule has 1 aromatic carbocycles. The highest BCUT2D eigenvalue weighted by Crippen LogP contribution is 2.30. The van der Waals surface area contributed by atoms with E-state index in [1.54, 1.807) is 0 Å². The predicted molar refractivity (Wildman–Crippen MR) is 97.8 cm³/mol. The number of carbonyl (C=O) groups is 2. The third-order valence-corrected chi connectivity index (χ3v) is 5.10. The molecule has 1 aliphatic rings. The van der Waals surface area contributed by atoms with Gasteiger partial charge < -0.3 is 10.6 Å². The van der Waals surface area contributed by atoms with Gasteiger partial charge in [0.1, 0.15) is 0 Å². The molecular weight excluding hydrogens is 300 g/mol. The van der Waals surface area contributed by atoms with Crippen LogP contribution >= 0.6 is 0 Å². The Morgan fingerprint density at radius 1 is 1.00 bits per heavy atom. The van der Waals surface area contributed by atoms with Crippen LogP contribution in [0.15, 0.2) is 24.3 Å². The quantitative estimate of drug-likeness (QED) is 0.831. The summed E-state index contributed by atoms with van der Waals surface area (Å²) in [5.74, 6) is 0.314. The zero-order chi connectivity index (χ0) is 17.5. The van der Waals surface area contributed by atoms with Crippen LogP contribution < -0.4 is 10.6 Å². The van der Waals surface area contributed by atoms with Crippen LogP contribution in [0.25, 0.3) is 0 Å². The molecule has 4 nitrogen and oxygen atoms in total. The van der Waals surface area contributed by atoms with E-state index in [0.29, 0.717) is 0 Å². The number of rotatable bonds is 6. The summed E-state index contributed by atoms with van der Waals surface area (Å²) < 4.78 is 0. The Labute approximate surface area is 145 Å². The first-order chi connectivity index (χ1) is 11.5. The number of anilines is 1. The SMILES string of the molecule is CCc1ccc(NC(=O)C2CCC(C(=O)NC(C)CC)CC2)cc1. The van der Waals surface area contributed by atoms with Gasteiger partial charge >= 0.3 is 0 Å². The topological polar surface area (TPSA) is 58.2 Å². The summed E-state index contributed by atoms with van der Waals surface area (Å²) in [6, 6.07) is 8.24. The van der Waals surface area contributed by atoms with E-state index in [4.69, 9.17) is 0 Å². The van der Waals surface area contributed by atoms with Gasteiger partial charge in [-0.1, -0.05) is 26.0 Å². The van der Waals surface area contributed by atoms with E-state index in [1.165, 1.54) is 5.56 Å². The molecule has 132 valence electrons. The standard InChI is InChI=1S/C20H30N2O2/c1-4-14(3)21-19(23)16-8-10-17(11-9-16)20(24)22-18-12-6-15(5-2)7-13-18/h6-7,12-14,16-17H,4-5,8-11H2,1-3H3,(H,21,23)(H,22,24). The Morgan fingerprint density at radius 3 is 2.04 bits per heavy atom. The van der Waals surface area contributed by atoms with Crippen molar-refractivity contribution in [1.29, 1.82) is 0 Å². The van der Waals surface area contributed by atoms with Crippen LogP contribution in [-0.4, -0.2) is 17.9 Å². The molecule has 24 heavy (non-hydrogen) atoms. The van der Waals surface area contributed by atoms with E-state index >= 15 is 0 Å². The lowest BCUT2D eigenvalue weighted by atomic mass is 9.81. The second-order valence-corrected chi connectivity index (χ2v) is 6.91. The van der Waals surface area contributed by atoms with Crippen LogP contribution in [0.5, 0.6) is 0 Å². The van der Waals surface area contributed by atoms with Crippen LogP contribution in [0.1, 0.15) is 58.4 Å². The van der Waals surface area contributed by atoms with Gasteiger partial charge in [0, 0.05) is 23.6 Å². The first-order valence-corrected chi connectivity index (χ1v) is 9.23. The minimum atomic E-state index is 0.0171. The number of aryl methyl sites for hydroxylation is 1. The third kappa shape index (κ3) is 5.08. The average Bonchev–Trinajstić information content (AvgIpc) is 2.62. The molecule has 1 atom stereocenters. The van der Waals surface area contributed by atoms with Gasteiger partial charge in [-0.25, -0.2) is 0 Å². The van der Waals surface area contributed by atoms with Crippen molar-refractivity contribution >= 4 is 17.5 Å². The smallest absolute Gasteiger partial charge is 0.227 e. The first kappa shape index (κ1) is 18.5. The molecule has 1 aromatic rings. The van der Waals surface area contributed by atoms with Gasteiger partial charge in [-0.05, 0) is 63.1 Å². The summed E-state index contributed by atoms with van der Waals surface area (Å²) in [7, 11) is 0. The molecule has 1 saturated carbocycles. The Bertz CT molecular complexity index is 545. The van der Waals surface area contributed by atoms with Gasteiger partial charge in [0.15, 0.2) is 0 Å². The van der Waals surface area contributed by atoms with Crippen molar-refractivity contribution in [3.63, 3.8) is 0 Å². The van der Waals surface area contributed by atoms with Gasteiger partial charge in [0.05, 0.1) is 0 Å². The van der Waals surface area contributed by atoms with E-state index in [0.717, 1.165) is 44.2 Å². The zero-order valence-corrected chi connectivity index (χ0v) is 15.1. The molecule has 2 N–H and O–H groups in total. The number of amides is 2. The normalized spacial score (nSPS) is 21.8.